The summed E-state index contributed by atoms with van der Waals surface area (Å²) in [5.74, 6) is -0.0222. The van der Waals surface area contributed by atoms with Gasteiger partial charge in [-0.3, -0.25) is 10.1 Å². The number of carboxylic acids is 1. The number of carbonyl (C=O) groups is 1. The Kier molecular flexibility index (Phi) is 2.72. The fraction of sp³-hybridized carbons (Fsp3) is 0.889. The van der Waals surface area contributed by atoms with Crippen LogP contribution in [0.5, 0.6) is 0 Å². The highest BCUT2D eigenvalue weighted by Gasteiger charge is 2.43. The smallest absolute Gasteiger partial charge is 0.321 e. The highest BCUT2D eigenvalue weighted by atomic mass is 32.2. The molecule has 2 fully saturated rings. The molecule has 0 saturated carbocycles. The lowest BCUT2D eigenvalue weighted by molar-refractivity contribution is -0.139. The van der Waals surface area contributed by atoms with Crippen molar-refractivity contribution in [2.45, 2.75) is 23.8 Å². The second kappa shape index (κ2) is 3.72. The van der Waals surface area contributed by atoms with Gasteiger partial charge in [0.1, 0.15) is 6.04 Å². The molecule has 0 aromatic carbocycles. The summed E-state index contributed by atoms with van der Waals surface area (Å²) in [7, 11) is 2.09. The van der Waals surface area contributed by atoms with Crippen molar-refractivity contribution in [3.63, 3.8) is 0 Å². The number of piperidine rings is 1. The molecule has 0 bridgehead atoms. The maximum Gasteiger partial charge on any atom is 0.321 e. The van der Waals surface area contributed by atoms with Gasteiger partial charge in [0, 0.05) is 12.3 Å². The molecular weight excluding hydrogens is 200 g/mol. The van der Waals surface area contributed by atoms with E-state index in [1.54, 1.807) is 11.8 Å². The molecule has 0 amide bonds. The molecule has 1 spiro atoms. The first-order chi connectivity index (χ1) is 6.61. The summed E-state index contributed by atoms with van der Waals surface area (Å²) < 4.78 is 0. The topological polar surface area (TPSA) is 52.6 Å². The first kappa shape index (κ1) is 10.3. The molecule has 2 aliphatic rings. The number of hydrogen-bond acceptors (Lipinski definition) is 4. The highest BCUT2D eigenvalue weighted by Crippen LogP contribution is 2.37. The van der Waals surface area contributed by atoms with E-state index in [0.29, 0.717) is 5.75 Å². The zero-order chi connectivity index (χ0) is 10.2. The molecule has 2 unspecified atom stereocenters. The molecule has 0 aromatic rings. The standard InChI is InChI=1S/C9H16N2O2S/c1-11-4-2-3-9(6-11)10-7(5-14-9)8(12)13/h7,10H,2-6H2,1H3,(H,12,13). The van der Waals surface area contributed by atoms with Crippen LogP contribution in [-0.4, -0.2) is 52.8 Å². The van der Waals surface area contributed by atoms with E-state index in [0.717, 1.165) is 25.9 Å². The van der Waals surface area contributed by atoms with Crippen molar-refractivity contribution < 1.29 is 9.90 Å². The third-order valence-corrected chi connectivity index (χ3v) is 4.41. The van der Waals surface area contributed by atoms with Crippen LogP contribution >= 0.6 is 11.8 Å². The monoisotopic (exact) mass is 216 g/mol. The second-order valence-corrected chi connectivity index (χ2v) is 5.59. The van der Waals surface area contributed by atoms with Crippen LogP contribution in [0.1, 0.15) is 12.8 Å². The molecule has 80 valence electrons. The molecule has 0 radical (unpaired) electrons. The Morgan fingerprint density at radius 3 is 3.07 bits per heavy atom. The van der Waals surface area contributed by atoms with Crippen LogP contribution in [0.3, 0.4) is 0 Å². The van der Waals surface area contributed by atoms with Gasteiger partial charge < -0.3 is 10.0 Å². The van der Waals surface area contributed by atoms with Gasteiger partial charge in [0.05, 0.1) is 4.87 Å². The van der Waals surface area contributed by atoms with Gasteiger partial charge in [-0.25, -0.2) is 0 Å². The maximum absolute atomic E-state index is 10.8. The van der Waals surface area contributed by atoms with Gasteiger partial charge in [0.2, 0.25) is 0 Å². The van der Waals surface area contributed by atoms with Crippen molar-refractivity contribution in [2.24, 2.45) is 0 Å². The lowest BCUT2D eigenvalue weighted by Crippen LogP contribution is -2.54. The van der Waals surface area contributed by atoms with Crippen LogP contribution in [0.25, 0.3) is 0 Å². The molecule has 2 rings (SSSR count). The number of likely N-dealkylation sites (tertiary alicyclic amines) is 1. The van der Waals surface area contributed by atoms with Crippen LogP contribution in [0, 0.1) is 0 Å². The van der Waals surface area contributed by atoms with E-state index >= 15 is 0 Å². The number of thioether (sulfide) groups is 1. The number of aliphatic carboxylic acids is 1. The first-order valence-electron chi connectivity index (χ1n) is 4.94. The third-order valence-electron chi connectivity index (χ3n) is 2.91. The van der Waals surface area contributed by atoms with E-state index < -0.39 is 5.97 Å². The lowest BCUT2D eigenvalue weighted by Gasteiger charge is -2.38. The fourth-order valence-corrected chi connectivity index (χ4v) is 3.78. The number of carboxylic acid groups (broad SMARTS) is 1. The Morgan fingerprint density at radius 2 is 2.50 bits per heavy atom. The zero-order valence-corrected chi connectivity index (χ0v) is 9.14. The van der Waals surface area contributed by atoms with Gasteiger partial charge in [0.15, 0.2) is 0 Å². The van der Waals surface area contributed by atoms with Crippen LogP contribution in [0.2, 0.25) is 0 Å². The van der Waals surface area contributed by atoms with Gasteiger partial charge in [-0.2, -0.15) is 0 Å². The quantitative estimate of drug-likeness (QED) is 0.656. The number of likely N-dealkylation sites (N-methyl/N-ethyl adjacent to an activating group) is 1. The van der Waals surface area contributed by atoms with Gasteiger partial charge in [-0.1, -0.05) is 0 Å². The molecule has 4 nitrogen and oxygen atoms in total. The Labute approximate surface area is 88.0 Å². The molecule has 0 aromatic heterocycles. The number of nitrogens with zero attached hydrogens (tertiary/aromatic N) is 1. The van der Waals surface area contributed by atoms with E-state index in [9.17, 15) is 4.79 Å². The van der Waals surface area contributed by atoms with Crippen molar-refractivity contribution >= 4 is 17.7 Å². The molecule has 2 atom stereocenters. The Morgan fingerprint density at radius 1 is 1.71 bits per heavy atom. The summed E-state index contributed by atoms with van der Waals surface area (Å²) >= 11 is 1.77. The van der Waals surface area contributed by atoms with Crippen LogP contribution in [0.4, 0.5) is 0 Å². The average Bonchev–Trinajstić information content (AvgIpc) is 2.49. The summed E-state index contributed by atoms with van der Waals surface area (Å²) in [5, 5.41) is 12.2. The number of hydrogen-bond donors (Lipinski definition) is 2. The number of nitrogens with one attached hydrogen (secondary N) is 1. The predicted molar refractivity (Wildman–Crippen MR) is 56.5 cm³/mol. The predicted octanol–water partition coefficient (Wildman–Crippen LogP) is 0.198. The molecule has 0 aliphatic carbocycles. The molecule has 2 aliphatic heterocycles. The molecule has 5 heteroatoms. The maximum atomic E-state index is 10.8. The van der Waals surface area contributed by atoms with Gasteiger partial charge in [0.25, 0.3) is 0 Å². The molecule has 2 N–H and O–H groups in total. The summed E-state index contributed by atoms with van der Waals surface area (Å²) in [4.78, 5) is 13.1. The summed E-state index contributed by atoms with van der Waals surface area (Å²) in [6, 6.07) is -0.355. The number of rotatable bonds is 1. The van der Waals surface area contributed by atoms with E-state index in [4.69, 9.17) is 5.11 Å². The van der Waals surface area contributed by atoms with Crippen LogP contribution in [-0.2, 0) is 4.79 Å². The van der Waals surface area contributed by atoms with Crippen molar-refractivity contribution in [1.82, 2.24) is 10.2 Å². The van der Waals surface area contributed by atoms with Crippen LogP contribution < -0.4 is 5.32 Å². The summed E-state index contributed by atoms with van der Waals surface area (Å²) in [6.07, 6.45) is 2.24. The van der Waals surface area contributed by atoms with Crippen molar-refractivity contribution in [3.8, 4) is 0 Å². The fourth-order valence-electron chi connectivity index (χ4n) is 2.24. The van der Waals surface area contributed by atoms with Gasteiger partial charge in [-0.05, 0) is 26.4 Å². The lowest BCUT2D eigenvalue weighted by atomic mass is 10.0. The van der Waals surface area contributed by atoms with Crippen molar-refractivity contribution in [1.29, 1.82) is 0 Å². The SMILES string of the molecule is CN1CCCC2(C1)NC(C(=O)O)CS2. The third kappa shape index (κ3) is 1.89. The van der Waals surface area contributed by atoms with E-state index in [1.807, 2.05) is 0 Å². The Bertz CT molecular complexity index is 249. The van der Waals surface area contributed by atoms with Gasteiger partial charge in [-0.15, -0.1) is 11.8 Å². The van der Waals surface area contributed by atoms with E-state index in [-0.39, 0.29) is 10.9 Å². The summed E-state index contributed by atoms with van der Waals surface area (Å²) in [6.45, 7) is 2.09. The summed E-state index contributed by atoms with van der Waals surface area (Å²) in [5.41, 5.74) is 0. The molecule has 2 heterocycles. The highest BCUT2D eigenvalue weighted by molar-refractivity contribution is 8.01. The Balaban J connectivity index is 2.01. The van der Waals surface area contributed by atoms with Crippen molar-refractivity contribution in [3.05, 3.63) is 0 Å². The van der Waals surface area contributed by atoms with Crippen molar-refractivity contribution in [2.75, 3.05) is 25.9 Å². The Hall–Kier alpha value is -0.260. The first-order valence-corrected chi connectivity index (χ1v) is 5.93. The zero-order valence-electron chi connectivity index (χ0n) is 8.32. The minimum atomic E-state index is -0.720. The minimum Gasteiger partial charge on any atom is -0.480 e. The van der Waals surface area contributed by atoms with Crippen LogP contribution in [0.15, 0.2) is 0 Å². The molecular formula is C9H16N2O2S. The molecule has 14 heavy (non-hydrogen) atoms. The largest absolute Gasteiger partial charge is 0.480 e. The minimum absolute atomic E-state index is 0.00998. The normalized spacial score (nSPS) is 39.1. The van der Waals surface area contributed by atoms with E-state index in [1.165, 1.54) is 0 Å². The van der Waals surface area contributed by atoms with Gasteiger partial charge >= 0.3 is 5.97 Å². The second-order valence-electron chi connectivity index (χ2n) is 4.18. The van der Waals surface area contributed by atoms with E-state index in [2.05, 4.69) is 17.3 Å². The average molecular weight is 216 g/mol. The molecule has 2 saturated heterocycles.